The lowest BCUT2D eigenvalue weighted by atomic mass is 9.89. The molecule has 0 nitrogen and oxygen atoms in total. The number of hydrogen-bond acceptors (Lipinski definition) is 0. The fraction of sp³-hybridized carbons (Fsp3) is 0.833. The van der Waals surface area contributed by atoms with Crippen LogP contribution in [0.15, 0.2) is 0 Å². The molecule has 0 bridgehead atoms. The molecule has 0 heteroatoms. The Morgan fingerprint density at radius 1 is 1.00 bits per heavy atom. The fourth-order valence-corrected chi connectivity index (χ4v) is 1.50. The first-order valence-electron chi connectivity index (χ1n) is 5.26. The summed E-state index contributed by atoms with van der Waals surface area (Å²) < 4.78 is 0. The van der Waals surface area contributed by atoms with Gasteiger partial charge >= 0.3 is 0 Å². The van der Waals surface area contributed by atoms with Crippen LogP contribution in [0.4, 0.5) is 0 Å². The largest absolute Gasteiger partial charge is 0.103 e. The third-order valence-electron chi connectivity index (χ3n) is 2.35. The summed E-state index contributed by atoms with van der Waals surface area (Å²) >= 11 is 0. The molecule has 0 fully saturated rings. The third kappa shape index (κ3) is 4.44. The van der Waals surface area contributed by atoms with Crippen molar-refractivity contribution in [3.05, 3.63) is 0 Å². The van der Waals surface area contributed by atoms with Crippen molar-refractivity contribution in [3.63, 3.8) is 0 Å². The molecule has 0 saturated carbocycles. The smallest absolute Gasteiger partial charge is 0.00914 e. The second-order valence-corrected chi connectivity index (χ2v) is 3.44. The lowest BCUT2D eigenvalue weighted by Crippen LogP contribution is -2.06. The van der Waals surface area contributed by atoms with Gasteiger partial charge in [0, 0.05) is 12.8 Å². The highest BCUT2D eigenvalue weighted by Crippen LogP contribution is 2.23. The molecule has 0 N–H and O–H groups in total. The van der Waals surface area contributed by atoms with Gasteiger partial charge in [0.25, 0.3) is 0 Å². The minimum atomic E-state index is 0.849. The highest BCUT2D eigenvalue weighted by Gasteiger charge is 2.12. The maximum Gasteiger partial charge on any atom is 0.00914 e. The Morgan fingerprint density at radius 2 is 1.42 bits per heavy atom. The van der Waals surface area contributed by atoms with Crippen LogP contribution in [0.1, 0.15) is 53.4 Å². The van der Waals surface area contributed by atoms with Gasteiger partial charge in [-0.3, -0.25) is 0 Å². The summed E-state index contributed by atoms with van der Waals surface area (Å²) in [7, 11) is 0. The van der Waals surface area contributed by atoms with E-state index in [9.17, 15) is 0 Å². The molecular weight excluding hydrogens is 144 g/mol. The van der Waals surface area contributed by atoms with Crippen LogP contribution < -0.4 is 0 Å². The van der Waals surface area contributed by atoms with Gasteiger partial charge in [0.05, 0.1) is 0 Å². The summed E-state index contributed by atoms with van der Waals surface area (Å²) in [5.41, 5.74) is 0. The average molecular weight is 166 g/mol. The van der Waals surface area contributed by atoms with E-state index in [0.29, 0.717) is 0 Å². The van der Waals surface area contributed by atoms with Crippen molar-refractivity contribution >= 4 is 0 Å². The minimum Gasteiger partial charge on any atom is -0.103 e. The zero-order chi connectivity index (χ0) is 9.40. The van der Waals surface area contributed by atoms with Gasteiger partial charge in [-0.25, -0.2) is 0 Å². The number of hydrogen-bond donors (Lipinski definition) is 0. The molecule has 0 unspecified atom stereocenters. The van der Waals surface area contributed by atoms with E-state index in [1.54, 1.807) is 0 Å². The Kier molecular flexibility index (Phi) is 6.96. The van der Waals surface area contributed by atoms with E-state index >= 15 is 0 Å². The molecule has 0 aromatic carbocycles. The highest BCUT2D eigenvalue weighted by atomic mass is 14.2. The van der Waals surface area contributed by atoms with Crippen molar-refractivity contribution < 1.29 is 0 Å². The molecule has 0 amide bonds. The van der Waals surface area contributed by atoms with Crippen LogP contribution in [-0.2, 0) is 0 Å². The number of rotatable bonds is 1. The predicted octanol–water partition coefficient (Wildman–Crippen LogP) is 3.86. The highest BCUT2D eigenvalue weighted by molar-refractivity contribution is 5.01. The SMILES string of the molecule is CC.CC(C)C1CCC#CCC1. The van der Waals surface area contributed by atoms with Crippen LogP contribution in [0.5, 0.6) is 0 Å². The molecule has 1 rings (SSSR count). The zero-order valence-electron chi connectivity index (χ0n) is 8.98. The quantitative estimate of drug-likeness (QED) is 0.519. The summed E-state index contributed by atoms with van der Waals surface area (Å²) in [4.78, 5) is 0. The van der Waals surface area contributed by atoms with E-state index in [-0.39, 0.29) is 0 Å². The molecule has 0 radical (unpaired) electrons. The zero-order valence-corrected chi connectivity index (χ0v) is 8.98. The van der Waals surface area contributed by atoms with Crippen LogP contribution in [0.2, 0.25) is 0 Å². The molecule has 0 aromatic rings. The molecular formula is C12H22. The van der Waals surface area contributed by atoms with Crippen LogP contribution in [0.3, 0.4) is 0 Å². The van der Waals surface area contributed by atoms with Gasteiger partial charge in [-0.05, 0) is 24.7 Å². The Hall–Kier alpha value is -0.440. The van der Waals surface area contributed by atoms with E-state index in [1.807, 2.05) is 13.8 Å². The molecule has 1 aliphatic rings. The molecule has 70 valence electrons. The second-order valence-electron chi connectivity index (χ2n) is 3.44. The lowest BCUT2D eigenvalue weighted by molar-refractivity contribution is 0.348. The molecule has 0 aliphatic heterocycles. The van der Waals surface area contributed by atoms with Gasteiger partial charge in [-0.2, -0.15) is 0 Å². The Labute approximate surface area is 77.8 Å². The summed E-state index contributed by atoms with van der Waals surface area (Å²) in [5.74, 6) is 8.13. The minimum absolute atomic E-state index is 0.849. The summed E-state index contributed by atoms with van der Waals surface area (Å²) in [6.45, 7) is 8.63. The molecule has 0 atom stereocenters. The first-order valence-corrected chi connectivity index (χ1v) is 5.26. The molecule has 0 heterocycles. The van der Waals surface area contributed by atoms with Crippen LogP contribution in [0, 0.1) is 23.7 Å². The third-order valence-corrected chi connectivity index (χ3v) is 2.35. The Bertz CT molecular complexity index is 133. The van der Waals surface area contributed by atoms with Gasteiger partial charge in [0.15, 0.2) is 0 Å². The van der Waals surface area contributed by atoms with Gasteiger partial charge in [0.1, 0.15) is 0 Å². The summed E-state index contributed by atoms with van der Waals surface area (Å²) in [6.07, 6.45) is 4.90. The van der Waals surface area contributed by atoms with E-state index in [4.69, 9.17) is 0 Å². The van der Waals surface area contributed by atoms with E-state index in [1.165, 1.54) is 12.8 Å². The van der Waals surface area contributed by atoms with Crippen LogP contribution in [0.25, 0.3) is 0 Å². The van der Waals surface area contributed by atoms with Gasteiger partial charge in [-0.15, -0.1) is 11.8 Å². The molecule has 1 aliphatic carbocycles. The van der Waals surface area contributed by atoms with E-state index in [0.717, 1.165) is 24.7 Å². The summed E-state index contributed by atoms with van der Waals surface area (Å²) in [6, 6.07) is 0. The van der Waals surface area contributed by atoms with Gasteiger partial charge in [0.2, 0.25) is 0 Å². The Balaban J connectivity index is 0.000000561. The predicted molar refractivity (Wildman–Crippen MR) is 55.9 cm³/mol. The van der Waals surface area contributed by atoms with Gasteiger partial charge < -0.3 is 0 Å². The second kappa shape index (κ2) is 7.22. The van der Waals surface area contributed by atoms with Crippen LogP contribution in [-0.4, -0.2) is 0 Å². The molecule has 12 heavy (non-hydrogen) atoms. The molecule has 0 saturated heterocycles. The first-order chi connectivity index (χ1) is 5.80. The van der Waals surface area contributed by atoms with Crippen molar-refractivity contribution in [2.45, 2.75) is 53.4 Å². The van der Waals surface area contributed by atoms with Crippen molar-refractivity contribution in [2.75, 3.05) is 0 Å². The topological polar surface area (TPSA) is 0 Å². The normalized spacial score (nSPS) is 17.1. The summed E-state index contributed by atoms with van der Waals surface area (Å²) in [5, 5.41) is 0. The van der Waals surface area contributed by atoms with Crippen LogP contribution >= 0.6 is 0 Å². The molecule has 0 spiro atoms. The van der Waals surface area contributed by atoms with Crippen molar-refractivity contribution in [2.24, 2.45) is 11.8 Å². The maximum atomic E-state index is 3.18. The lowest BCUT2D eigenvalue weighted by Gasteiger charge is -2.16. The van der Waals surface area contributed by atoms with Crippen molar-refractivity contribution in [1.29, 1.82) is 0 Å². The van der Waals surface area contributed by atoms with E-state index < -0.39 is 0 Å². The monoisotopic (exact) mass is 166 g/mol. The average Bonchev–Trinajstić information content (AvgIpc) is 2.35. The fourth-order valence-electron chi connectivity index (χ4n) is 1.50. The molecule has 0 aromatic heterocycles. The Morgan fingerprint density at radius 3 is 1.75 bits per heavy atom. The first kappa shape index (κ1) is 11.6. The maximum absolute atomic E-state index is 3.18. The standard InChI is InChI=1S/C10H16.C2H6/c1-9(2)10-7-5-3-4-6-8-10;1-2/h9-10H,5-8H2,1-2H3;1-2H3. The van der Waals surface area contributed by atoms with Gasteiger partial charge in [-0.1, -0.05) is 27.7 Å². The van der Waals surface area contributed by atoms with E-state index in [2.05, 4.69) is 25.7 Å². The van der Waals surface area contributed by atoms with Crippen molar-refractivity contribution in [1.82, 2.24) is 0 Å². The van der Waals surface area contributed by atoms with Crippen molar-refractivity contribution in [3.8, 4) is 11.8 Å².